The molecule has 2 unspecified atom stereocenters. The van der Waals surface area contributed by atoms with Crippen LogP contribution in [0.25, 0.3) is 32.9 Å². The number of nitrogens with one attached hydrogen (secondary N) is 2. The van der Waals surface area contributed by atoms with Crippen LogP contribution < -0.4 is 10.1 Å². The van der Waals surface area contributed by atoms with Crippen LogP contribution in [0.1, 0.15) is 58.0 Å². The average Bonchev–Trinajstić information content (AvgIpc) is 3.53. The summed E-state index contributed by atoms with van der Waals surface area (Å²) in [6, 6.07) is 14.1. The lowest BCUT2D eigenvalue weighted by Gasteiger charge is -2.34. The molecule has 6 rings (SSSR count). The maximum atomic E-state index is 13.9. The summed E-state index contributed by atoms with van der Waals surface area (Å²) in [6.45, 7) is 8.67. The second-order valence-electron chi connectivity index (χ2n) is 11.2. The third kappa shape index (κ3) is 4.56. The third-order valence-electron chi connectivity index (χ3n) is 8.27. The number of hydrogen-bond donors (Lipinski definition) is 2. The molecule has 1 aromatic heterocycles. The number of aromatic amines is 1. The SMILES string of the molecule is COC(C)NC(C(=O)N1[C@@H](C)CC[C@H]1c1nc2c(ccc3cc4c(cc32)OCc2cc(Cl)ccc2-4)[nH]1)C(C)C. The lowest BCUT2D eigenvalue weighted by Crippen LogP contribution is -2.53. The molecular weight excluding hydrogens is 512 g/mol. The lowest BCUT2D eigenvalue weighted by atomic mass is 9.94. The van der Waals surface area contributed by atoms with E-state index in [9.17, 15) is 4.79 Å². The molecule has 7 nitrogen and oxygen atoms in total. The van der Waals surface area contributed by atoms with Gasteiger partial charge in [0.05, 0.1) is 23.1 Å². The molecule has 3 heterocycles. The van der Waals surface area contributed by atoms with Crippen molar-refractivity contribution in [2.75, 3.05) is 7.11 Å². The summed E-state index contributed by atoms with van der Waals surface area (Å²) in [4.78, 5) is 24.6. The summed E-state index contributed by atoms with van der Waals surface area (Å²) in [5.41, 5.74) is 5.16. The Hall–Kier alpha value is -3.13. The van der Waals surface area contributed by atoms with Crippen molar-refractivity contribution in [1.82, 2.24) is 20.2 Å². The molecule has 2 aliphatic rings. The van der Waals surface area contributed by atoms with Gasteiger partial charge >= 0.3 is 0 Å². The fourth-order valence-corrected chi connectivity index (χ4v) is 6.28. The molecule has 204 valence electrons. The molecule has 1 amide bonds. The molecule has 0 aliphatic carbocycles. The van der Waals surface area contributed by atoms with Crippen LogP contribution in [0.5, 0.6) is 5.75 Å². The number of likely N-dealkylation sites (tertiary alicyclic amines) is 1. The first-order chi connectivity index (χ1) is 18.7. The zero-order chi connectivity index (χ0) is 27.4. The Labute approximate surface area is 233 Å². The number of H-pyrrole nitrogens is 1. The number of imidazole rings is 1. The number of hydrogen-bond acceptors (Lipinski definition) is 5. The Kier molecular flexibility index (Phi) is 6.78. The lowest BCUT2D eigenvalue weighted by molar-refractivity contribution is -0.138. The Morgan fingerprint density at radius 3 is 2.74 bits per heavy atom. The molecule has 3 aromatic carbocycles. The van der Waals surface area contributed by atoms with Gasteiger partial charge < -0.3 is 19.4 Å². The van der Waals surface area contributed by atoms with Crippen molar-refractivity contribution in [3.63, 3.8) is 0 Å². The van der Waals surface area contributed by atoms with E-state index in [-0.39, 0.29) is 36.2 Å². The number of methoxy groups -OCH3 is 1. The van der Waals surface area contributed by atoms with Gasteiger partial charge in [-0.15, -0.1) is 0 Å². The first-order valence-electron chi connectivity index (χ1n) is 13.7. The van der Waals surface area contributed by atoms with Gasteiger partial charge in [0.15, 0.2) is 0 Å². The fraction of sp³-hybridized carbons (Fsp3) is 0.419. The number of ether oxygens (including phenoxy) is 2. The van der Waals surface area contributed by atoms with Gasteiger partial charge in [0.25, 0.3) is 0 Å². The topological polar surface area (TPSA) is 79.5 Å². The van der Waals surface area contributed by atoms with Crippen molar-refractivity contribution in [3.05, 3.63) is 58.9 Å². The second-order valence-corrected chi connectivity index (χ2v) is 11.6. The van der Waals surface area contributed by atoms with E-state index in [1.807, 2.05) is 24.0 Å². The first-order valence-corrected chi connectivity index (χ1v) is 14.1. The van der Waals surface area contributed by atoms with Crippen molar-refractivity contribution in [1.29, 1.82) is 0 Å². The fourth-order valence-electron chi connectivity index (χ4n) is 6.09. The number of nitrogens with zero attached hydrogens (tertiary/aromatic N) is 2. The van der Waals surface area contributed by atoms with E-state index >= 15 is 0 Å². The number of halogens is 1. The van der Waals surface area contributed by atoms with Gasteiger partial charge in [-0.2, -0.15) is 0 Å². The summed E-state index contributed by atoms with van der Waals surface area (Å²) in [5.74, 6) is 1.89. The number of amides is 1. The molecule has 1 saturated heterocycles. The quantitative estimate of drug-likeness (QED) is 0.267. The summed E-state index contributed by atoms with van der Waals surface area (Å²) >= 11 is 6.22. The summed E-state index contributed by atoms with van der Waals surface area (Å²) in [5, 5.41) is 6.20. The number of aromatic nitrogens is 2. The van der Waals surface area contributed by atoms with Crippen LogP contribution in [-0.2, 0) is 16.1 Å². The predicted octanol–water partition coefficient (Wildman–Crippen LogP) is 6.59. The van der Waals surface area contributed by atoms with E-state index in [0.29, 0.717) is 11.6 Å². The number of carbonyl (C=O) groups is 1. The molecule has 39 heavy (non-hydrogen) atoms. The van der Waals surface area contributed by atoms with E-state index in [2.05, 4.69) is 61.4 Å². The van der Waals surface area contributed by atoms with Gasteiger partial charge in [-0.3, -0.25) is 10.1 Å². The minimum atomic E-state index is -0.338. The second kappa shape index (κ2) is 10.1. The maximum Gasteiger partial charge on any atom is 0.240 e. The zero-order valence-electron chi connectivity index (χ0n) is 23.0. The van der Waals surface area contributed by atoms with E-state index in [1.54, 1.807) is 7.11 Å². The highest BCUT2D eigenvalue weighted by molar-refractivity contribution is 6.30. The molecule has 0 spiro atoms. The number of rotatable bonds is 6. The average molecular weight is 547 g/mol. The summed E-state index contributed by atoms with van der Waals surface area (Å²) in [7, 11) is 1.65. The number of fused-ring (bicyclic) bond motifs is 6. The standard InChI is InChI=1S/C31H35ClN4O3/c1-16(2)28(33-18(4)38-5)31(37)36-17(3)6-11-26(36)30-34-25-10-7-19-13-24-22-9-8-21(32)12-20(22)15-39-27(24)14-23(19)29(25)35-30/h7-10,12-14,16-18,26,28,33H,6,11,15H2,1-5H3,(H,34,35)/t17-,18?,26-,28?/m0/s1. The Balaban J connectivity index is 1.38. The highest BCUT2D eigenvalue weighted by Crippen LogP contribution is 2.43. The van der Waals surface area contributed by atoms with Gasteiger partial charge in [-0.05, 0) is 79.5 Å². The van der Waals surface area contributed by atoms with E-state index < -0.39 is 0 Å². The highest BCUT2D eigenvalue weighted by Gasteiger charge is 2.41. The van der Waals surface area contributed by atoms with Gasteiger partial charge in [0.2, 0.25) is 5.91 Å². The molecular formula is C31H35ClN4O3. The Morgan fingerprint density at radius 1 is 1.15 bits per heavy atom. The Morgan fingerprint density at radius 2 is 1.97 bits per heavy atom. The molecule has 2 aliphatic heterocycles. The molecule has 1 fully saturated rings. The van der Waals surface area contributed by atoms with Crippen molar-refractivity contribution >= 4 is 39.3 Å². The van der Waals surface area contributed by atoms with Crippen molar-refractivity contribution in [2.45, 2.75) is 71.5 Å². The minimum absolute atomic E-state index is 0.0930. The van der Waals surface area contributed by atoms with Crippen LogP contribution >= 0.6 is 11.6 Å². The molecule has 0 radical (unpaired) electrons. The van der Waals surface area contributed by atoms with Crippen molar-refractivity contribution < 1.29 is 14.3 Å². The van der Waals surface area contributed by atoms with Crippen LogP contribution in [0, 0.1) is 5.92 Å². The maximum absolute atomic E-state index is 13.9. The van der Waals surface area contributed by atoms with Gasteiger partial charge in [-0.25, -0.2) is 4.98 Å². The van der Waals surface area contributed by atoms with Crippen LogP contribution in [0.3, 0.4) is 0 Å². The molecule has 2 N–H and O–H groups in total. The molecule has 8 heteroatoms. The van der Waals surface area contributed by atoms with Crippen molar-refractivity contribution in [2.24, 2.45) is 5.92 Å². The van der Waals surface area contributed by atoms with Crippen LogP contribution in [-0.4, -0.2) is 46.2 Å². The summed E-state index contributed by atoms with van der Waals surface area (Å²) in [6.07, 6.45) is 1.59. The number of carbonyl (C=O) groups excluding carboxylic acids is 1. The normalized spacial score (nSPS) is 20.2. The first kappa shape index (κ1) is 26.1. The number of benzene rings is 3. The van der Waals surface area contributed by atoms with Crippen molar-refractivity contribution in [3.8, 4) is 16.9 Å². The monoisotopic (exact) mass is 546 g/mol. The molecule has 0 bridgehead atoms. The Bertz CT molecular complexity index is 1560. The van der Waals surface area contributed by atoms with Crippen LogP contribution in [0.2, 0.25) is 5.02 Å². The minimum Gasteiger partial charge on any atom is -0.488 e. The summed E-state index contributed by atoms with van der Waals surface area (Å²) < 4.78 is 11.6. The van der Waals surface area contributed by atoms with Gasteiger partial charge in [0.1, 0.15) is 24.4 Å². The van der Waals surface area contributed by atoms with Gasteiger partial charge in [-0.1, -0.05) is 37.6 Å². The van der Waals surface area contributed by atoms with Crippen LogP contribution in [0.4, 0.5) is 0 Å². The smallest absolute Gasteiger partial charge is 0.240 e. The third-order valence-corrected chi connectivity index (χ3v) is 8.50. The van der Waals surface area contributed by atoms with E-state index in [4.69, 9.17) is 26.1 Å². The molecule has 0 saturated carbocycles. The molecule has 4 aromatic rings. The van der Waals surface area contributed by atoms with E-state index in [1.165, 1.54) is 0 Å². The largest absolute Gasteiger partial charge is 0.488 e. The molecule has 4 atom stereocenters. The van der Waals surface area contributed by atoms with E-state index in [0.717, 1.165) is 62.9 Å². The predicted molar refractivity (Wildman–Crippen MR) is 155 cm³/mol. The van der Waals surface area contributed by atoms with Crippen LogP contribution in [0.15, 0.2) is 42.5 Å². The highest BCUT2D eigenvalue weighted by atomic mass is 35.5. The zero-order valence-corrected chi connectivity index (χ0v) is 23.8. The van der Waals surface area contributed by atoms with Gasteiger partial charge in [0, 0.05) is 29.1 Å².